The third-order valence-electron chi connectivity index (χ3n) is 7.41. The molecule has 1 aliphatic heterocycles. The maximum atomic E-state index is 13.1. The molecular formula is C27H32BrN5O3S. The summed E-state index contributed by atoms with van der Waals surface area (Å²) in [6, 6.07) is 9.48. The van der Waals surface area contributed by atoms with Crippen LogP contribution in [0.3, 0.4) is 0 Å². The molecule has 0 unspecified atom stereocenters. The largest absolute Gasteiger partial charge is 0.343 e. The highest BCUT2D eigenvalue weighted by Gasteiger charge is 2.26. The van der Waals surface area contributed by atoms with Gasteiger partial charge in [-0.05, 0) is 71.9 Å². The summed E-state index contributed by atoms with van der Waals surface area (Å²) in [5.74, 6) is 0.705. The van der Waals surface area contributed by atoms with E-state index in [9.17, 15) is 14.4 Å². The summed E-state index contributed by atoms with van der Waals surface area (Å²) in [6.07, 6.45) is 7.64. The van der Waals surface area contributed by atoms with Crippen LogP contribution in [0.1, 0.15) is 61.0 Å². The van der Waals surface area contributed by atoms with Crippen LogP contribution in [-0.4, -0.2) is 52.3 Å². The number of hydrogen-bond acceptors (Lipinski definition) is 5. The van der Waals surface area contributed by atoms with E-state index in [1.807, 2.05) is 40.8 Å². The molecule has 8 nitrogen and oxygen atoms in total. The summed E-state index contributed by atoms with van der Waals surface area (Å²) in [4.78, 5) is 47.1. The number of amides is 3. The molecule has 0 bridgehead atoms. The van der Waals surface area contributed by atoms with E-state index >= 15 is 0 Å². The summed E-state index contributed by atoms with van der Waals surface area (Å²) in [5, 5.41) is 2.98. The molecule has 1 N–H and O–H groups in total. The number of nitrogens with one attached hydrogen (secondary N) is 1. The van der Waals surface area contributed by atoms with Crippen molar-refractivity contribution in [3.05, 3.63) is 39.0 Å². The van der Waals surface area contributed by atoms with Gasteiger partial charge in [-0.2, -0.15) is 0 Å². The smallest absolute Gasteiger partial charge is 0.268 e. The van der Waals surface area contributed by atoms with E-state index in [0.29, 0.717) is 30.3 Å². The molecule has 196 valence electrons. The second-order valence-electron chi connectivity index (χ2n) is 9.89. The van der Waals surface area contributed by atoms with E-state index in [2.05, 4.69) is 21.2 Å². The number of anilines is 2. The lowest BCUT2D eigenvalue weighted by atomic mass is 9.88. The topological polar surface area (TPSA) is 87.5 Å². The lowest BCUT2D eigenvalue weighted by Gasteiger charge is -2.26. The lowest BCUT2D eigenvalue weighted by Crippen LogP contribution is -2.33. The summed E-state index contributed by atoms with van der Waals surface area (Å²) >= 11 is 4.78. The van der Waals surface area contributed by atoms with Crippen molar-refractivity contribution in [2.45, 2.75) is 57.9 Å². The number of imidazole rings is 1. The summed E-state index contributed by atoms with van der Waals surface area (Å²) in [5.41, 5.74) is 2.41. The molecule has 1 aliphatic carbocycles. The molecule has 1 saturated carbocycles. The minimum absolute atomic E-state index is 0.0836. The van der Waals surface area contributed by atoms with Gasteiger partial charge in [0.05, 0.1) is 19.7 Å². The summed E-state index contributed by atoms with van der Waals surface area (Å²) in [7, 11) is 1.83. The number of likely N-dealkylation sites (tertiary alicyclic amines) is 1. The Labute approximate surface area is 229 Å². The molecule has 1 aromatic carbocycles. The first kappa shape index (κ1) is 25.9. The fourth-order valence-corrected chi connectivity index (χ4v) is 6.64. The maximum absolute atomic E-state index is 13.1. The second kappa shape index (κ2) is 11.3. The first-order valence-corrected chi connectivity index (χ1v) is 14.6. The predicted molar refractivity (Wildman–Crippen MR) is 150 cm³/mol. The zero-order chi connectivity index (χ0) is 25.9. The van der Waals surface area contributed by atoms with Gasteiger partial charge >= 0.3 is 0 Å². The quantitative estimate of drug-likeness (QED) is 0.369. The van der Waals surface area contributed by atoms with Gasteiger partial charge < -0.3 is 14.4 Å². The van der Waals surface area contributed by atoms with Crippen LogP contribution in [0, 0.1) is 5.92 Å². The molecule has 10 heteroatoms. The number of aryl methyl sites for hydroxylation is 1. The standard InChI is InChI=1S/C27H32BrN5O3S/c1-31(26(36)18-7-3-2-4-8-18)19-10-11-21-20(17-19)29-27(30-25(35)22-12-13-23(28)37-22)33(21)16-6-15-32-14-5-9-24(32)34/h10-13,17-18H,2-9,14-16H2,1H3,(H,29,30,35). The Balaban J connectivity index is 1.39. The van der Waals surface area contributed by atoms with Crippen LogP contribution in [0.4, 0.5) is 11.6 Å². The average Bonchev–Trinajstić information content (AvgIpc) is 3.62. The van der Waals surface area contributed by atoms with E-state index < -0.39 is 0 Å². The second-order valence-corrected chi connectivity index (χ2v) is 12.4. The van der Waals surface area contributed by atoms with Crippen molar-refractivity contribution in [2.75, 3.05) is 30.4 Å². The predicted octanol–water partition coefficient (Wildman–Crippen LogP) is 5.67. The third-order valence-corrected chi connectivity index (χ3v) is 9.03. The Hall–Kier alpha value is -2.72. The van der Waals surface area contributed by atoms with Crippen LogP contribution in [0.2, 0.25) is 0 Å². The third kappa shape index (κ3) is 5.75. The Morgan fingerprint density at radius 3 is 2.65 bits per heavy atom. The highest BCUT2D eigenvalue weighted by atomic mass is 79.9. The highest BCUT2D eigenvalue weighted by molar-refractivity contribution is 9.11. The van der Waals surface area contributed by atoms with Crippen LogP contribution in [-0.2, 0) is 16.1 Å². The summed E-state index contributed by atoms with van der Waals surface area (Å²) in [6.45, 7) is 2.10. The number of aromatic nitrogens is 2. The molecule has 3 heterocycles. The molecule has 1 saturated heterocycles. The maximum Gasteiger partial charge on any atom is 0.268 e. The molecule has 0 spiro atoms. The van der Waals surface area contributed by atoms with E-state index in [1.165, 1.54) is 17.8 Å². The van der Waals surface area contributed by atoms with Crippen LogP contribution in [0.25, 0.3) is 11.0 Å². The van der Waals surface area contributed by atoms with Crippen molar-refractivity contribution in [1.82, 2.24) is 14.5 Å². The van der Waals surface area contributed by atoms with Crippen LogP contribution in [0.5, 0.6) is 0 Å². The molecule has 2 aliphatic rings. The zero-order valence-corrected chi connectivity index (χ0v) is 23.4. The van der Waals surface area contributed by atoms with Gasteiger partial charge in [-0.25, -0.2) is 4.98 Å². The molecule has 2 aromatic heterocycles. The molecule has 3 aromatic rings. The number of nitrogens with zero attached hydrogens (tertiary/aromatic N) is 4. The molecule has 0 radical (unpaired) electrons. The first-order chi connectivity index (χ1) is 17.9. The molecule has 2 fully saturated rings. The van der Waals surface area contributed by atoms with Crippen molar-refractivity contribution >= 4 is 67.7 Å². The highest BCUT2D eigenvalue weighted by Crippen LogP contribution is 2.30. The van der Waals surface area contributed by atoms with E-state index in [0.717, 1.165) is 65.6 Å². The van der Waals surface area contributed by atoms with Gasteiger partial charge in [0.2, 0.25) is 17.8 Å². The normalized spacial score (nSPS) is 16.5. The number of carbonyl (C=O) groups is 3. The Morgan fingerprint density at radius 2 is 1.95 bits per heavy atom. The minimum Gasteiger partial charge on any atom is -0.343 e. The summed E-state index contributed by atoms with van der Waals surface area (Å²) < 4.78 is 2.89. The Kier molecular flexibility index (Phi) is 7.95. The number of benzene rings is 1. The van der Waals surface area contributed by atoms with Gasteiger partial charge in [-0.1, -0.05) is 19.3 Å². The number of fused-ring (bicyclic) bond motifs is 1. The van der Waals surface area contributed by atoms with Gasteiger partial charge in [-0.3, -0.25) is 19.7 Å². The van der Waals surface area contributed by atoms with E-state index in [-0.39, 0.29) is 23.6 Å². The van der Waals surface area contributed by atoms with Crippen molar-refractivity contribution in [2.24, 2.45) is 5.92 Å². The van der Waals surface area contributed by atoms with Crippen molar-refractivity contribution < 1.29 is 14.4 Å². The van der Waals surface area contributed by atoms with E-state index in [1.54, 1.807) is 11.0 Å². The fraction of sp³-hybridized carbons (Fsp3) is 0.481. The van der Waals surface area contributed by atoms with E-state index in [4.69, 9.17) is 4.98 Å². The number of halogens is 1. The fourth-order valence-electron chi connectivity index (χ4n) is 5.36. The van der Waals surface area contributed by atoms with Gasteiger partial charge in [0.15, 0.2) is 0 Å². The van der Waals surface area contributed by atoms with Crippen LogP contribution < -0.4 is 10.2 Å². The van der Waals surface area contributed by atoms with Crippen molar-refractivity contribution in [3.63, 3.8) is 0 Å². The average molecular weight is 587 g/mol. The van der Waals surface area contributed by atoms with Crippen LogP contribution >= 0.6 is 27.3 Å². The van der Waals surface area contributed by atoms with Gasteiger partial charge in [0, 0.05) is 44.7 Å². The zero-order valence-electron chi connectivity index (χ0n) is 21.0. The SMILES string of the molecule is CN(C(=O)C1CCCCC1)c1ccc2c(c1)nc(NC(=O)c1ccc(Br)s1)n2CCCN1CCCC1=O. The minimum atomic E-state index is -0.216. The number of thiophene rings is 1. The van der Waals surface area contributed by atoms with Crippen molar-refractivity contribution in [1.29, 1.82) is 0 Å². The lowest BCUT2D eigenvalue weighted by molar-refractivity contribution is -0.127. The van der Waals surface area contributed by atoms with Crippen molar-refractivity contribution in [3.8, 4) is 0 Å². The number of rotatable bonds is 8. The Morgan fingerprint density at radius 1 is 1.14 bits per heavy atom. The number of hydrogen-bond donors (Lipinski definition) is 1. The molecule has 3 amide bonds. The molecule has 37 heavy (non-hydrogen) atoms. The monoisotopic (exact) mass is 585 g/mol. The molecule has 0 atom stereocenters. The van der Waals surface area contributed by atoms with Gasteiger partial charge in [0.25, 0.3) is 5.91 Å². The molecule has 5 rings (SSSR count). The van der Waals surface area contributed by atoms with Gasteiger partial charge in [-0.15, -0.1) is 11.3 Å². The van der Waals surface area contributed by atoms with Crippen LogP contribution in [0.15, 0.2) is 34.1 Å². The molecular weight excluding hydrogens is 554 g/mol. The first-order valence-electron chi connectivity index (χ1n) is 13.0. The Bertz CT molecular complexity index is 1310. The van der Waals surface area contributed by atoms with Gasteiger partial charge in [0.1, 0.15) is 0 Å². The number of carbonyl (C=O) groups excluding carboxylic acids is 3.